The van der Waals surface area contributed by atoms with E-state index in [0.29, 0.717) is 12.8 Å². The number of nitrogens with one attached hydrogen (secondary N) is 1. The molecule has 7 heteroatoms. The van der Waals surface area contributed by atoms with Crippen LogP contribution >= 0.6 is 12.4 Å². The summed E-state index contributed by atoms with van der Waals surface area (Å²) in [7, 11) is -3.52. The van der Waals surface area contributed by atoms with Gasteiger partial charge in [-0.05, 0) is 12.8 Å². The molecular weight excluding hydrogens is 252 g/mol. The largest absolute Gasteiger partial charge is 0.317 e. The van der Waals surface area contributed by atoms with E-state index in [1.165, 1.54) is 0 Å². The van der Waals surface area contributed by atoms with E-state index >= 15 is 0 Å². The summed E-state index contributed by atoms with van der Waals surface area (Å²) in [5.41, 5.74) is 4.63. The third kappa shape index (κ3) is 3.20. The monoisotopic (exact) mass is 268 g/mol. The summed E-state index contributed by atoms with van der Waals surface area (Å²) in [6.45, 7) is 5.25. The van der Waals surface area contributed by atoms with Crippen molar-refractivity contribution in [2.45, 2.75) is 25.3 Å². The molecule has 0 bridgehead atoms. The standard InChI is InChI=1S/C9H16N2O3S.ClH/c1-3-5-15(13,14)11-8(12)9(10)6-7(9)4-2;/h4,7H,2-3,5-6,10H2,1H3,(H,11,12);1H/t7-,9-;/m1./s1. The lowest BCUT2D eigenvalue weighted by atomic mass is 10.2. The van der Waals surface area contributed by atoms with Gasteiger partial charge in [-0.3, -0.25) is 9.52 Å². The molecular formula is C9H17ClN2O3S. The second-order valence-electron chi connectivity index (χ2n) is 3.84. The summed E-state index contributed by atoms with van der Waals surface area (Å²) in [6, 6.07) is 0. The number of rotatable bonds is 5. The zero-order valence-corrected chi connectivity index (χ0v) is 10.7. The minimum absolute atomic E-state index is 0. The first-order valence-corrected chi connectivity index (χ1v) is 6.47. The number of hydrogen-bond donors (Lipinski definition) is 2. The number of nitrogens with two attached hydrogens (primary N) is 1. The maximum absolute atomic E-state index is 11.5. The molecule has 0 aromatic carbocycles. The fourth-order valence-electron chi connectivity index (χ4n) is 1.42. The number of sulfonamides is 1. The fourth-order valence-corrected chi connectivity index (χ4v) is 2.53. The van der Waals surface area contributed by atoms with Gasteiger partial charge in [0.1, 0.15) is 5.54 Å². The summed E-state index contributed by atoms with van der Waals surface area (Å²) >= 11 is 0. The Hall–Kier alpha value is -0.590. The Morgan fingerprint density at radius 3 is 2.62 bits per heavy atom. The SMILES string of the molecule is C=C[C@@H]1C[C@]1(N)C(=O)NS(=O)(=O)CCC.Cl. The van der Waals surface area contributed by atoms with Crippen LogP contribution in [0, 0.1) is 5.92 Å². The molecule has 0 aliphatic heterocycles. The summed E-state index contributed by atoms with van der Waals surface area (Å²) in [6.07, 6.45) is 2.50. The Balaban J connectivity index is 0.00000225. The number of carbonyl (C=O) groups excluding carboxylic acids is 1. The van der Waals surface area contributed by atoms with E-state index in [9.17, 15) is 13.2 Å². The average molecular weight is 269 g/mol. The molecule has 1 aliphatic rings. The lowest BCUT2D eigenvalue weighted by molar-refractivity contribution is -0.121. The van der Waals surface area contributed by atoms with Gasteiger partial charge in [0, 0.05) is 5.92 Å². The van der Waals surface area contributed by atoms with Gasteiger partial charge in [-0.2, -0.15) is 0 Å². The highest BCUT2D eigenvalue weighted by Crippen LogP contribution is 2.41. The zero-order valence-electron chi connectivity index (χ0n) is 9.10. The highest BCUT2D eigenvalue weighted by molar-refractivity contribution is 7.90. The van der Waals surface area contributed by atoms with Crippen molar-refractivity contribution >= 4 is 28.3 Å². The predicted molar refractivity (Wildman–Crippen MR) is 64.7 cm³/mol. The van der Waals surface area contributed by atoms with Crippen molar-refractivity contribution in [2.24, 2.45) is 11.7 Å². The molecule has 1 saturated carbocycles. The van der Waals surface area contributed by atoms with Crippen LogP contribution < -0.4 is 10.5 Å². The molecule has 0 aromatic rings. The van der Waals surface area contributed by atoms with E-state index in [1.807, 2.05) is 4.72 Å². The molecule has 3 N–H and O–H groups in total. The van der Waals surface area contributed by atoms with E-state index in [2.05, 4.69) is 6.58 Å². The molecule has 1 aliphatic carbocycles. The van der Waals surface area contributed by atoms with E-state index < -0.39 is 21.5 Å². The number of amides is 1. The Kier molecular flexibility index (Phi) is 4.97. The van der Waals surface area contributed by atoms with Crippen molar-refractivity contribution in [3.8, 4) is 0 Å². The van der Waals surface area contributed by atoms with E-state index in [-0.39, 0.29) is 24.1 Å². The highest BCUT2D eigenvalue weighted by atomic mass is 35.5. The summed E-state index contributed by atoms with van der Waals surface area (Å²) in [5, 5.41) is 0. The second kappa shape index (κ2) is 5.16. The Morgan fingerprint density at radius 1 is 1.69 bits per heavy atom. The molecule has 0 spiro atoms. The molecule has 1 fully saturated rings. The Morgan fingerprint density at radius 2 is 2.25 bits per heavy atom. The van der Waals surface area contributed by atoms with Gasteiger partial charge in [-0.15, -0.1) is 19.0 Å². The summed E-state index contributed by atoms with van der Waals surface area (Å²) in [4.78, 5) is 11.5. The average Bonchev–Trinajstić information content (AvgIpc) is 2.77. The maximum atomic E-state index is 11.5. The van der Waals surface area contributed by atoms with Gasteiger partial charge in [0.15, 0.2) is 0 Å². The lowest BCUT2D eigenvalue weighted by Gasteiger charge is -2.11. The molecule has 1 rings (SSSR count). The van der Waals surface area contributed by atoms with Crippen molar-refractivity contribution in [3.05, 3.63) is 12.7 Å². The predicted octanol–water partition coefficient (Wildman–Crippen LogP) is 0.168. The lowest BCUT2D eigenvalue weighted by Crippen LogP contribution is -2.47. The first-order valence-electron chi connectivity index (χ1n) is 4.82. The van der Waals surface area contributed by atoms with E-state index in [4.69, 9.17) is 5.73 Å². The highest BCUT2D eigenvalue weighted by Gasteiger charge is 2.56. The van der Waals surface area contributed by atoms with Crippen LogP contribution in [0.25, 0.3) is 0 Å². The molecule has 0 aromatic heterocycles. The van der Waals surface area contributed by atoms with Gasteiger partial charge in [-0.1, -0.05) is 13.0 Å². The number of carbonyl (C=O) groups is 1. The molecule has 5 nitrogen and oxygen atoms in total. The fraction of sp³-hybridized carbons (Fsp3) is 0.667. The van der Waals surface area contributed by atoms with Crippen LogP contribution in [0.3, 0.4) is 0 Å². The number of hydrogen-bond acceptors (Lipinski definition) is 4. The molecule has 94 valence electrons. The molecule has 16 heavy (non-hydrogen) atoms. The van der Waals surface area contributed by atoms with Crippen molar-refractivity contribution in [2.75, 3.05) is 5.75 Å². The van der Waals surface area contributed by atoms with Crippen LogP contribution in [0.2, 0.25) is 0 Å². The van der Waals surface area contributed by atoms with Crippen LogP contribution in [0.1, 0.15) is 19.8 Å². The molecule has 2 atom stereocenters. The van der Waals surface area contributed by atoms with Crippen LogP contribution in [0.15, 0.2) is 12.7 Å². The van der Waals surface area contributed by atoms with Gasteiger partial charge in [0.2, 0.25) is 10.0 Å². The van der Waals surface area contributed by atoms with Gasteiger partial charge in [-0.25, -0.2) is 8.42 Å². The van der Waals surface area contributed by atoms with Gasteiger partial charge in [0.05, 0.1) is 5.75 Å². The molecule has 1 amide bonds. The van der Waals surface area contributed by atoms with Crippen LogP contribution in [-0.4, -0.2) is 25.6 Å². The first kappa shape index (κ1) is 15.4. The number of halogens is 1. The third-order valence-corrected chi connectivity index (χ3v) is 3.93. The van der Waals surface area contributed by atoms with E-state index in [0.717, 1.165) is 0 Å². The minimum Gasteiger partial charge on any atom is -0.317 e. The van der Waals surface area contributed by atoms with Gasteiger partial charge in [0.25, 0.3) is 5.91 Å². The Bertz CT molecular complexity index is 382. The van der Waals surface area contributed by atoms with Crippen molar-refractivity contribution in [3.63, 3.8) is 0 Å². The summed E-state index contributed by atoms with van der Waals surface area (Å²) in [5.74, 6) is -0.803. The van der Waals surface area contributed by atoms with Crippen molar-refractivity contribution < 1.29 is 13.2 Å². The smallest absolute Gasteiger partial charge is 0.254 e. The first-order chi connectivity index (χ1) is 6.85. The van der Waals surface area contributed by atoms with Crippen molar-refractivity contribution in [1.82, 2.24) is 4.72 Å². The van der Waals surface area contributed by atoms with Crippen molar-refractivity contribution in [1.29, 1.82) is 0 Å². The molecule has 0 radical (unpaired) electrons. The quantitative estimate of drug-likeness (QED) is 0.696. The van der Waals surface area contributed by atoms with Gasteiger partial charge < -0.3 is 5.73 Å². The van der Waals surface area contributed by atoms with Crippen LogP contribution in [0.5, 0.6) is 0 Å². The molecule has 0 unspecified atom stereocenters. The van der Waals surface area contributed by atoms with Crippen LogP contribution in [-0.2, 0) is 14.8 Å². The van der Waals surface area contributed by atoms with Gasteiger partial charge >= 0.3 is 0 Å². The topological polar surface area (TPSA) is 89.3 Å². The molecule has 0 saturated heterocycles. The maximum Gasteiger partial charge on any atom is 0.254 e. The minimum atomic E-state index is -3.52. The normalized spacial score (nSPS) is 27.8. The van der Waals surface area contributed by atoms with E-state index in [1.54, 1.807) is 13.0 Å². The zero-order chi connectivity index (χ0) is 11.7. The van der Waals surface area contributed by atoms with Crippen LogP contribution in [0.4, 0.5) is 0 Å². The summed E-state index contributed by atoms with van der Waals surface area (Å²) < 4.78 is 24.6. The third-order valence-electron chi connectivity index (χ3n) is 2.49. The Labute approximate surface area is 102 Å². The second-order valence-corrected chi connectivity index (χ2v) is 5.68. The molecule has 0 heterocycles.